The van der Waals surface area contributed by atoms with E-state index in [1.54, 1.807) is 0 Å². The van der Waals surface area contributed by atoms with Gasteiger partial charge in [0.2, 0.25) is 0 Å². The van der Waals surface area contributed by atoms with E-state index >= 15 is 0 Å². The monoisotopic (exact) mass is 210 g/mol. The summed E-state index contributed by atoms with van der Waals surface area (Å²) < 4.78 is 0. The van der Waals surface area contributed by atoms with Gasteiger partial charge in [-0.05, 0) is 64.1 Å². The third kappa shape index (κ3) is 3.18. The minimum absolute atomic E-state index is 0.835. The first kappa shape index (κ1) is 11.4. The molecular weight excluding hydrogens is 184 g/mol. The van der Waals surface area contributed by atoms with Crippen molar-refractivity contribution in [2.45, 2.75) is 45.6 Å². The van der Waals surface area contributed by atoms with Gasteiger partial charge in [0.25, 0.3) is 0 Å². The Morgan fingerprint density at radius 1 is 1.33 bits per heavy atom. The molecule has 1 N–H and O–H groups in total. The second kappa shape index (κ2) is 5.31. The van der Waals surface area contributed by atoms with Crippen LogP contribution in [-0.2, 0) is 0 Å². The van der Waals surface area contributed by atoms with Crippen molar-refractivity contribution in [3.05, 3.63) is 0 Å². The van der Waals surface area contributed by atoms with Gasteiger partial charge in [-0.2, -0.15) is 0 Å². The Kier molecular flexibility index (Phi) is 4.04. The summed E-state index contributed by atoms with van der Waals surface area (Å²) in [5.41, 5.74) is 0. The summed E-state index contributed by atoms with van der Waals surface area (Å²) in [5.74, 6) is 1.90. The lowest BCUT2D eigenvalue weighted by Gasteiger charge is -2.21. The Hall–Kier alpha value is -0.0800. The molecule has 2 nitrogen and oxygen atoms in total. The van der Waals surface area contributed by atoms with Gasteiger partial charge in [-0.1, -0.05) is 6.92 Å². The minimum atomic E-state index is 0.835. The zero-order chi connectivity index (χ0) is 10.7. The fourth-order valence-electron chi connectivity index (χ4n) is 3.24. The summed E-state index contributed by atoms with van der Waals surface area (Å²) in [4.78, 5) is 2.69. The molecule has 3 atom stereocenters. The topological polar surface area (TPSA) is 15.3 Å². The summed E-state index contributed by atoms with van der Waals surface area (Å²) in [6.07, 6.45) is 5.66. The van der Waals surface area contributed by atoms with Crippen molar-refractivity contribution in [1.82, 2.24) is 10.2 Å². The highest BCUT2D eigenvalue weighted by Crippen LogP contribution is 2.23. The molecule has 0 spiro atoms. The van der Waals surface area contributed by atoms with Crippen LogP contribution in [0.1, 0.15) is 39.5 Å². The molecule has 0 aromatic heterocycles. The second-order valence-corrected chi connectivity index (χ2v) is 5.69. The third-order valence-corrected chi connectivity index (χ3v) is 4.13. The number of nitrogens with one attached hydrogen (secondary N) is 1. The lowest BCUT2D eigenvalue weighted by Crippen LogP contribution is -2.28. The molecule has 0 bridgehead atoms. The predicted molar refractivity (Wildman–Crippen MR) is 65.0 cm³/mol. The quantitative estimate of drug-likeness (QED) is 0.764. The van der Waals surface area contributed by atoms with Crippen LogP contribution in [0.5, 0.6) is 0 Å². The van der Waals surface area contributed by atoms with Crippen LogP contribution in [0.15, 0.2) is 0 Å². The SMILES string of the molecule is CC1CC(C)N(CCCC2CCNC2)C1. The average Bonchev–Trinajstić information content (AvgIpc) is 2.77. The van der Waals surface area contributed by atoms with Crippen LogP contribution in [0.3, 0.4) is 0 Å². The molecule has 0 aromatic rings. The van der Waals surface area contributed by atoms with Crippen LogP contribution in [0.25, 0.3) is 0 Å². The van der Waals surface area contributed by atoms with Crippen molar-refractivity contribution in [2.24, 2.45) is 11.8 Å². The number of rotatable bonds is 4. The highest BCUT2D eigenvalue weighted by Gasteiger charge is 2.25. The summed E-state index contributed by atoms with van der Waals surface area (Å²) >= 11 is 0. The molecule has 2 heteroatoms. The van der Waals surface area contributed by atoms with E-state index in [2.05, 4.69) is 24.1 Å². The molecule has 0 aromatic carbocycles. The van der Waals surface area contributed by atoms with Gasteiger partial charge in [-0.15, -0.1) is 0 Å². The summed E-state index contributed by atoms with van der Waals surface area (Å²) in [5, 5.41) is 3.45. The van der Waals surface area contributed by atoms with E-state index in [0.717, 1.165) is 17.9 Å². The van der Waals surface area contributed by atoms with E-state index in [9.17, 15) is 0 Å². The lowest BCUT2D eigenvalue weighted by molar-refractivity contribution is 0.253. The van der Waals surface area contributed by atoms with Crippen molar-refractivity contribution in [3.63, 3.8) is 0 Å². The summed E-state index contributed by atoms with van der Waals surface area (Å²) in [6.45, 7) is 9.97. The van der Waals surface area contributed by atoms with E-state index in [4.69, 9.17) is 0 Å². The second-order valence-electron chi connectivity index (χ2n) is 5.69. The van der Waals surface area contributed by atoms with Gasteiger partial charge in [-0.25, -0.2) is 0 Å². The number of hydrogen-bond acceptors (Lipinski definition) is 2. The molecule has 3 unspecified atom stereocenters. The first-order valence-electron chi connectivity index (χ1n) is 6.70. The van der Waals surface area contributed by atoms with Crippen molar-refractivity contribution in [1.29, 1.82) is 0 Å². The maximum atomic E-state index is 3.45. The van der Waals surface area contributed by atoms with E-state index < -0.39 is 0 Å². The van der Waals surface area contributed by atoms with Gasteiger partial charge in [0, 0.05) is 12.6 Å². The molecule has 0 saturated carbocycles. The van der Waals surface area contributed by atoms with Crippen LogP contribution < -0.4 is 5.32 Å². The third-order valence-electron chi connectivity index (χ3n) is 4.13. The summed E-state index contributed by atoms with van der Waals surface area (Å²) in [7, 11) is 0. The van der Waals surface area contributed by atoms with Gasteiger partial charge in [0.15, 0.2) is 0 Å². The molecule has 0 aliphatic carbocycles. The van der Waals surface area contributed by atoms with Gasteiger partial charge >= 0.3 is 0 Å². The molecule has 2 heterocycles. The van der Waals surface area contributed by atoms with Crippen LogP contribution in [0.4, 0.5) is 0 Å². The molecule has 0 radical (unpaired) electrons. The molecule has 2 fully saturated rings. The zero-order valence-corrected chi connectivity index (χ0v) is 10.3. The average molecular weight is 210 g/mol. The van der Waals surface area contributed by atoms with Crippen LogP contribution in [-0.4, -0.2) is 37.1 Å². The molecule has 0 amide bonds. The fraction of sp³-hybridized carbons (Fsp3) is 1.00. The Labute approximate surface area is 94.4 Å². The maximum Gasteiger partial charge on any atom is 0.00700 e. The Bertz CT molecular complexity index is 187. The molecule has 2 saturated heterocycles. The van der Waals surface area contributed by atoms with Crippen LogP contribution >= 0.6 is 0 Å². The maximum absolute atomic E-state index is 3.45. The zero-order valence-electron chi connectivity index (χ0n) is 10.3. The standard InChI is InChI=1S/C13H26N2/c1-11-8-12(2)15(10-11)7-3-4-13-5-6-14-9-13/h11-14H,3-10H2,1-2H3. The Balaban J connectivity index is 1.61. The molecule has 15 heavy (non-hydrogen) atoms. The van der Waals surface area contributed by atoms with Crippen LogP contribution in [0, 0.1) is 11.8 Å². The number of nitrogens with zero attached hydrogens (tertiary/aromatic N) is 1. The van der Waals surface area contributed by atoms with E-state index in [1.165, 1.54) is 51.9 Å². The smallest absolute Gasteiger partial charge is 0.00700 e. The van der Waals surface area contributed by atoms with Crippen molar-refractivity contribution in [2.75, 3.05) is 26.2 Å². The van der Waals surface area contributed by atoms with Gasteiger partial charge in [-0.3, -0.25) is 0 Å². The van der Waals surface area contributed by atoms with Gasteiger partial charge < -0.3 is 10.2 Å². The molecule has 2 rings (SSSR count). The van der Waals surface area contributed by atoms with E-state index in [-0.39, 0.29) is 0 Å². The molecular formula is C13H26N2. The molecule has 2 aliphatic rings. The Morgan fingerprint density at radius 2 is 2.20 bits per heavy atom. The van der Waals surface area contributed by atoms with Gasteiger partial charge in [0.05, 0.1) is 0 Å². The normalized spacial score (nSPS) is 37.6. The van der Waals surface area contributed by atoms with Crippen LogP contribution in [0.2, 0.25) is 0 Å². The predicted octanol–water partition coefficient (Wildman–Crippen LogP) is 2.11. The van der Waals surface area contributed by atoms with Gasteiger partial charge in [0.1, 0.15) is 0 Å². The Morgan fingerprint density at radius 3 is 2.80 bits per heavy atom. The minimum Gasteiger partial charge on any atom is -0.316 e. The van der Waals surface area contributed by atoms with Crippen molar-refractivity contribution < 1.29 is 0 Å². The van der Waals surface area contributed by atoms with E-state index in [1.807, 2.05) is 0 Å². The highest BCUT2D eigenvalue weighted by molar-refractivity contribution is 4.80. The number of hydrogen-bond donors (Lipinski definition) is 1. The van der Waals surface area contributed by atoms with Crippen molar-refractivity contribution >= 4 is 0 Å². The highest BCUT2D eigenvalue weighted by atomic mass is 15.2. The largest absolute Gasteiger partial charge is 0.316 e. The van der Waals surface area contributed by atoms with Crippen molar-refractivity contribution in [3.8, 4) is 0 Å². The fourth-order valence-corrected chi connectivity index (χ4v) is 3.24. The first-order valence-corrected chi connectivity index (χ1v) is 6.70. The first-order chi connectivity index (χ1) is 7.25. The molecule has 88 valence electrons. The molecule has 2 aliphatic heterocycles. The lowest BCUT2D eigenvalue weighted by atomic mass is 10.0. The van der Waals surface area contributed by atoms with E-state index in [0.29, 0.717) is 0 Å². The number of likely N-dealkylation sites (tertiary alicyclic amines) is 1. The summed E-state index contributed by atoms with van der Waals surface area (Å²) in [6, 6.07) is 0.835.